The Hall–Kier alpha value is -1.62. The summed E-state index contributed by atoms with van der Waals surface area (Å²) < 4.78 is 13.5. The van der Waals surface area contributed by atoms with Gasteiger partial charge in [-0.2, -0.15) is 0 Å². The molecule has 1 aliphatic heterocycles. The van der Waals surface area contributed by atoms with E-state index in [0.717, 1.165) is 6.07 Å². The number of amides is 2. The number of hydrogen-bond donors (Lipinski definition) is 1. The molecule has 0 spiro atoms. The van der Waals surface area contributed by atoms with Crippen LogP contribution in [0.4, 0.5) is 10.1 Å². The van der Waals surface area contributed by atoms with Crippen molar-refractivity contribution in [3.63, 3.8) is 0 Å². The van der Waals surface area contributed by atoms with Gasteiger partial charge in [0.2, 0.25) is 5.91 Å². The number of hydrogen-bond acceptors (Lipinski definition) is 2. The molecule has 1 aromatic carbocycles. The number of carbonyl (C=O) groups excluding carboxylic acids is 2. The molecular formula is C13H14ClFN2O2. The number of nitrogens with zero attached hydrogens (tertiary/aromatic N) is 1. The van der Waals surface area contributed by atoms with Crippen molar-refractivity contribution in [2.24, 2.45) is 0 Å². The molecule has 0 bridgehead atoms. The number of anilines is 1. The second-order valence-electron chi connectivity index (χ2n) is 4.72. The third kappa shape index (κ3) is 2.42. The summed E-state index contributed by atoms with van der Waals surface area (Å²) in [7, 11) is 0. The van der Waals surface area contributed by atoms with Gasteiger partial charge < -0.3 is 10.2 Å². The van der Waals surface area contributed by atoms with E-state index < -0.39 is 11.4 Å². The number of rotatable bonds is 2. The molecule has 1 atom stereocenters. The van der Waals surface area contributed by atoms with E-state index in [1.54, 1.807) is 6.92 Å². The van der Waals surface area contributed by atoms with Crippen molar-refractivity contribution in [3.05, 3.63) is 29.0 Å². The highest BCUT2D eigenvalue weighted by molar-refractivity contribution is 6.30. The van der Waals surface area contributed by atoms with Crippen LogP contribution < -0.4 is 10.2 Å². The molecule has 2 amide bonds. The predicted molar refractivity (Wildman–Crippen MR) is 70.6 cm³/mol. The maximum Gasteiger partial charge on any atom is 0.252 e. The number of carbonyl (C=O) groups is 2. The largest absolute Gasteiger partial charge is 0.340 e. The van der Waals surface area contributed by atoms with Crippen molar-refractivity contribution in [3.8, 4) is 0 Å². The third-order valence-corrected chi connectivity index (χ3v) is 3.66. The first-order valence-corrected chi connectivity index (χ1v) is 6.33. The monoisotopic (exact) mass is 284 g/mol. The molecule has 1 heterocycles. The average Bonchev–Trinajstić information content (AvgIpc) is 2.37. The lowest BCUT2D eigenvalue weighted by molar-refractivity contribution is -0.135. The normalized spacial score (nSPS) is 23.5. The lowest BCUT2D eigenvalue weighted by Gasteiger charge is -2.39. The van der Waals surface area contributed by atoms with Crippen LogP contribution in [0.3, 0.4) is 0 Å². The van der Waals surface area contributed by atoms with E-state index >= 15 is 0 Å². The van der Waals surface area contributed by atoms with Gasteiger partial charge in [-0.15, -0.1) is 0 Å². The predicted octanol–water partition coefficient (Wildman–Crippen LogP) is 2.11. The van der Waals surface area contributed by atoms with Gasteiger partial charge in [-0.05, 0) is 31.5 Å². The van der Waals surface area contributed by atoms with E-state index in [-0.39, 0.29) is 23.4 Å². The van der Waals surface area contributed by atoms with E-state index in [0.29, 0.717) is 12.1 Å². The van der Waals surface area contributed by atoms with Gasteiger partial charge in [0.1, 0.15) is 17.9 Å². The molecular weight excluding hydrogens is 271 g/mol. The zero-order chi connectivity index (χ0) is 14.2. The van der Waals surface area contributed by atoms with E-state index in [2.05, 4.69) is 5.32 Å². The summed E-state index contributed by atoms with van der Waals surface area (Å²) in [4.78, 5) is 25.3. The fourth-order valence-corrected chi connectivity index (χ4v) is 2.13. The zero-order valence-corrected chi connectivity index (χ0v) is 11.4. The van der Waals surface area contributed by atoms with Gasteiger partial charge in [0, 0.05) is 5.69 Å². The Morgan fingerprint density at radius 1 is 1.47 bits per heavy atom. The minimum absolute atomic E-state index is 0.0177. The molecule has 0 aromatic heterocycles. The minimum Gasteiger partial charge on any atom is -0.340 e. The molecule has 6 heteroatoms. The summed E-state index contributed by atoms with van der Waals surface area (Å²) in [5.74, 6) is -1.13. The SMILES string of the molecule is CCC1(C)NC(=O)CN(c2ccc(Cl)c(F)c2)C1=O. The maximum absolute atomic E-state index is 13.5. The molecule has 1 N–H and O–H groups in total. The fraction of sp³-hybridized carbons (Fsp3) is 0.385. The summed E-state index contributed by atoms with van der Waals surface area (Å²) in [6.07, 6.45) is 0.462. The summed E-state index contributed by atoms with van der Waals surface area (Å²) in [5.41, 5.74) is -0.618. The highest BCUT2D eigenvalue weighted by Gasteiger charge is 2.42. The van der Waals surface area contributed by atoms with Crippen LogP contribution in [-0.2, 0) is 9.59 Å². The van der Waals surface area contributed by atoms with Gasteiger partial charge in [0.25, 0.3) is 5.91 Å². The summed E-state index contributed by atoms with van der Waals surface area (Å²) in [6.45, 7) is 3.35. The van der Waals surface area contributed by atoms with E-state index in [4.69, 9.17) is 11.6 Å². The van der Waals surface area contributed by atoms with Gasteiger partial charge in [-0.3, -0.25) is 9.59 Å². The Labute approximate surface area is 115 Å². The maximum atomic E-state index is 13.5. The molecule has 0 saturated carbocycles. The molecule has 2 rings (SSSR count). The van der Waals surface area contributed by atoms with Crippen LogP contribution in [0.2, 0.25) is 5.02 Å². The van der Waals surface area contributed by atoms with Gasteiger partial charge in [0.05, 0.1) is 5.02 Å². The van der Waals surface area contributed by atoms with Crippen molar-refractivity contribution in [2.45, 2.75) is 25.8 Å². The second kappa shape index (κ2) is 4.81. The van der Waals surface area contributed by atoms with E-state index in [1.807, 2.05) is 6.92 Å². The quantitative estimate of drug-likeness (QED) is 0.904. The van der Waals surface area contributed by atoms with E-state index in [1.165, 1.54) is 17.0 Å². The van der Waals surface area contributed by atoms with Crippen molar-refractivity contribution in [1.82, 2.24) is 5.32 Å². The van der Waals surface area contributed by atoms with Crippen LogP contribution in [0.25, 0.3) is 0 Å². The van der Waals surface area contributed by atoms with Crippen LogP contribution in [0.1, 0.15) is 20.3 Å². The third-order valence-electron chi connectivity index (χ3n) is 3.36. The molecule has 1 fully saturated rings. The molecule has 4 nitrogen and oxygen atoms in total. The standard InChI is InChI=1S/C13H14ClFN2O2/c1-3-13(2)12(19)17(7-11(18)16-13)8-4-5-9(14)10(15)6-8/h4-6H,3,7H2,1-2H3,(H,16,18). The summed E-state index contributed by atoms with van der Waals surface area (Å²) >= 11 is 5.61. The van der Waals surface area contributed by atoms with Crippen LogP contribution >= 0.6 is 11.6 Å². The first-order chi connectivity index (χ1) is 8.87. The number of piperazine rings is 1. The lowest BCUT2D eigenvalue weighted by Crippen LogP contribution is -2.65. The molecule has 0 radical (unpaired) electrons. The Morgan fingerprint density at radius 3 is 2.74 bits per heavy atom. The van der Waals surface area contributed by atoms with Gasteiger partial charge in [-0.1, -0.05) is 18.5 Å². The Morgan fingerprint density at radius 2 is 2.16 bits per heavy atom. The average molecular weight is 285 g/mol. The molecule has 1 unspecified atom stereocenters. The molecule has 19 heavy (non-hydrogen) atoms. The smallest absolute Gasteiger partial charge is 0.252 e. The van der Waals surface area contributed by atoms with E-state index in [9.17, 15) is 14.0 Å². The minimum atomic E-state index is -0.953. The number of benzene rings is 1. The molecule has 102 valence electrons. The molecule has 1 aromatic rings. The summed E-state index contributed by atoms with van der Waals surface area (Å²) in [5, 5.41) is 2.65. The highest BCUT2D eigenvalue weighted by atomic mass is 35.5. The summed E-state index contributed by atoms with van der Waals surface area (Å²) in [6, 6.07) is 4.06. The first kappa shape index (κ1) is 13.8. The van der Waals surface area contributed by atoms with Crippen molar-refractivity contribution < 1.29 is 14.0 Å². The first-order valence-electron chi connectivity index (χ1n) is 5.95. The molecule has 1 aliphatic rings. The lowest BCUT2D eigenvalue weighted by atomic mass is 9.94. The van der Waals surface area contributed by atoms with Crippen molar-refractivity contribution >= 4 is 29.1 Å². The Balaban J connectivity index is 2.40. The van der Waals surface area contributed by atoms with Crippen molar-refractivity contribution in [2.75, 3.05) is 11.4 Å². The molecule has 1 saturated heterocycles. The van der Waals surface area contributed by atoms with Gasteiger partial charge in [-0.25, -0.2) is 4.39 Å². The van der Waals surface area contributed by atoms with Gasteiger partial charge in [0.15, 0.2) is 0 Å². The van der Waals surface area contributed by atoms with Gasteiger partial charge >= 0.3 is 0 Å². The Kier molecular flexibility index (Phi) is 3.49. The zero-order valence-electron chi connectivity index (χ0n) is 10.7. The number of nitrogens with one attached hydrogen (secondary N) is 1. The van der Waals surface area contributed by atoms with Crippen LogP contribution in [0.5, 0.6) is 0 Å². The number of halogens is 2. The van der Waals surface area contributed by atoms with Crippen LogP contribution in [-0.4, -0.2) is 23.9 Å². The van der Waals surface area contributed by atoms with Crippen LogP contribution in [0, 0.1) is 5.82 Å². The fourth-order valence-electron chi connectivity index (χ4n) is 2.02. The molecule has 0 aliphatic carbocycles. The topological polar surface area (TPSA) is 49.4 Å². The van der Waals surface area contributed by atoms with Crippen LogP contribution in [0.15, 0.2) is 18.2 Å². The van der Waals surface area contributed by atoms with Crippen molar-refractivity contribution in [1.29, 1.82) is 0 Å². The highest BCUT2D eigenvalue weighted by Crippen LogP contribution is 2.26. The Bertz CT molecular complexity index is 549. The second-order valence-corrected chi connectivity index (χ2v) is 5.13.